The fourth-order valence-corrected chi connectivity index (χ4v) is 1.15. The largest absolute Gasteiger partial charge is 0.359 e. The van der Waals surface area contributed by atoms with Crippen molar-refractivity contribution in [3.8, 4) is 0 Å². The van der Waals surface area contributed by atoms with Crippen LogP contribution >= 0.6 is 0 Å². The summed E-state index contributed by atoms with van der Waals surface area (Å²) in [6.07, 6.45) is 7.62. The van der Waals surface area contributed by atoms with Gasteiger partial charge in [-0.05, 0) is 18.9 Å². The number of amides is 2. The maximum atomic E-state index is 11.2. The minimum atomic E-state index is -0.276. The molecule has 1 rings (SSSR count). The Morgan fingerprint density at radius 3 is 2.71 bits per heavy atom. The Balaban J connectivity index is 2.37. The molecular weight excluding hydrogens is 180 g/mol. The molecule has 0 radical (unpaired) electrons. The lowest BCUT2D eigenvalue weighted by atomic mass is 10.1. The molecule has 1 aliphatic rings. The van der Waals surface area contributed by atoms with Crippen LogP contribution in [0.15, 0.2) is 23.9 Å². The van der Waals surface area contributed by atoms with Crippen LogP contribution in [0.3, 0.4) is 0 Å². The van der Waals surface area contributed by atoms with Gasteiger partial charge in [0.1, 0.15) is 6.42 Å². The van der Waals surface area contributed by atoms with E-state index in [0.29, 0.717) is 0 Å². The molecule has 2 amide bonds. The molecule has 0 fully saturated rings. The molecule has 0 aromatic rings. The predicted octanol–water partition coefficient (Wildman–Crippen LogP) is 0.473. The molecular formula is C10H14N2O2. The van der Waals surface area contributed by atoms with Crippen LogP contribution in [-0.2, 0) is 9.59 Å². The first kappa shape index (κ1) is 10.5. The third-order valence-corrected chi connectivity index (χ3v) is 1.88. The zero-order valence-electron chi connectivity index (χ0n) is 8.17. The summed E-state index contributed by atoms with van der Waals surface area (Å²) in [5.74, 6) is -0.551. The van der Waals surface area contributed by atoms with Crippen molar-refractivity contribution in [3.05, 3.63) is 23.9 Å². The fraction of sp³-hybridized carbons (Fsp3) is 0.400. The molecule has 2 N–H and O–H groups in total. The highest BCUT2D eigenvalue weighted by Gasteiger charge is 2.08. The minimum Gasteiger partial charge on any atom is -0.359 e. The molecule has 0 aromatic heterocycles. The van der Waals surface area contributed by atoms with E-state index >= 15 is 0 Å². The van der Waals surface area contributed by atoms with E-state index in [2.05, 4.69) is 10.6 Å². The highest BCUT2D eigenvalue weighted by Crippen LogP contribution is 2.06. The number of hydrogen-bond donors (Lipinski definition) is 2. The van der Waals surface area contributed by atoms with E-state index < -0.39 is 0 Å². The van der Waals surface area contributed by atoms with E-state index in [4.69, 9.17) is 0 Å². The third kappa shape index (κ3) is 3.43. The van der Waals surface area contributed by atoms with Crippen LogP contribution < -0.4 is 10.6 Å². The second-order valence-corrected chi connectivity index (χ2v) is 3.04. The SMILES string of the molecule is CNC(=O)CC(=O)NC1=CCCC=C1. The van der Waals surface area contributed by atoms with Gasteiger partial charge in [-0.3, -0.25) is 9.59 Å². The molecule has 4 heteroatoms. The molecule has 0 aromatic carbocycles. The maximum Gasteiger partial charge on any atom is 0.233 e. The Labute approximate surface area is 83.1 Å². The van der Waals surface area contributed by atoms with Crippen molar-refractivity contribution in [3.63, 3.8) is 0 Å². The summed E-state index contributed by atoms with van der Waals surface area (Å²) >= 11 is 0. The van der Waals surface area contributed by atoms with Gasteiger partial charge in [-0.25, -0.2) is 0 Å². The van der Waals surface area contributed by atoms with Gasteiger partial charge in [0.25, 0.3) is 0 Å². The zero-order chi connectivity index (χ0) is 10.4. The highest BCUT2D eigenvalue weighted by molar-refractivity contribution is 5.97. The number of rotatable bonds is 3. The van der Waals surface area contributed by atoms with Crippen LogP contribution in [0.2, 0.25) is 0 Å². The lowest BCUT2D eigenvalue weighted by molar-refractivity contribution is -0.128. The van der Waals surface area contributed by atoms with Gasteiger partial charge in [-0.1, -0.05) is 12.2 Å². The third-order valence-electron chi connectivity index (χ3n) is 1.88. The summed E-state index contributed by atoms with van der Waals surface area (Å²) in [5.41, 5.74) is 0.783. The van der Waals surface area contributed by atoms with E-state index in [9.17, 15) is 9.59 Å². The molecule has 14 heavy (non-hydrogen) atoms. The molecule has 0 unspecified atom stereocenters. The topological polar surface area (TPSA) is 58.2 Å². The van der Waals surface area contributed by atoms with Gasteiger partial charge in [0, 0.05) is 12.7 Å². The van der Waals surface area contributed by atoms with Crippen LogP contribution in [0.25, 0.3) is 0 Å². The van der Waals surface area contributed by atoms with E-state index in [1.165, 1.54) is 7.05 Å². The number of nitrogens with one attached hydrogen (secondary N) is 2. The van der Waals surface area contributed by atoms with E-state index in [1.807, 2.05) is 18.2 Å². The summed E-state index contributed by atoms with van der Waals surface area (Å²) in [7, 11) is 1.51. The monoisotopic (exact) mass is 194 g/mol. The zero-order valence-corrected chi connectivity index (χ0v) is 8.17. The fourth-order valence-electron chi connectivity index (χ4n) is 1.15. The summed E-state index contributed by atoms with van der Waals surface area (Å²) in [5, 5.41) is 5.05. The van der Waals surface area contributed by atoms with Crippen LogP contribution in [0.4, 0.5) is 0 Å². The molecule has 0 bridgehead atoms. The Morgan fingerprint density at radius 1 is 1.36 bits per heavy atom. The smallest absolute Gasteiger partial charge is 0.233 e. The van der Waals surface area contributed by atoms with E-state index in [0.717, 1.165) is 18.5 Å². The molecule has 0 spiro atoms. The summed E-state index contributed by atoms with van der Waals surface area (Å²) in [6.45, 7) is 0. The standard InChI is InChI=1S/C10H14N2O2/c1-11-9(13)7-10(14)12-8-5-3-2-4-6-8/h3,5-6H,2,4,7H2,1H3,(H,11,13)(H,12,14). The van der Waals surface area contributed by atoms with Gasteiger partial charge in [0.15, 0.2) is 0 Å². The van der Waals surface area contributed by atoms with Crippen molar-refractivity contribution >= 4 is 11.8 Å². The van der Waals surface area contributed by atoms with Crippen LogP contribution in [0, 0.1) is 0 Å². The molecule has 4 nitrogen and oxygen atoms in total. The average molecular weight is 194 g/mol. The Kier molecular flexibility index (Phi) is 3.91. The second-order valence-electron chi connectivity index (χ2n) is 3.04. The van der Waals surface area contributed by atoms with Gasteiger partial charge >= 0.3 is 0 Å². The first-order chi connectivity index (χ1) is 6.72. The predicted molar refractivity (Wildman–Crippen MR) is 53.3 cm³/mol. The number of carbonyl (C=O) groups is 2. The van der Waals surface area contributed by atoms with Crippen molar-refractivity contribution in [1.82, 2.24) is 10.6 Å². The molecule has 1 aliphatic carbocycles. The molecule has 0 saturated heterocycles. The maximum absolute atomic E-state index is 11.2. The average Bonchev–Trinajstić information content (AvgIpc) is 2.19. The lowest BCUT2D eigenvalue weighted by Gasteiger charge is -2.08. The van der Waals surface area contributed by atoms with Crippen molar-refractivity contribution in [1.29, 1.82) is 0 Å². The Bertz CT molecular complexity index is 292. The summed E-state index contributed by atoms with van der Waals surface area (Å²) in [6, 6.07) is 0. The van der Waals surface area contributed by atoms with Gasteiger partial charge in [0.05, 0.1) is 0 Å². The first-order valence-electron chi connectivity index (χ1n) is 4.59. The van der Waals surface area contributed by atoms with Crippen molar-refractivity contribution < 1.29 is 9.59 Å². The second kappa shape index (κ2) is 5.21. The number of allylic oxidation sites excluding steroid dienone is 3. The summed E-state index contributed by atoms with van der Waals surface area (Å²) < 4.78 is 0. The quantitative estimate of drug-likeness (QED) is 0.642. The van der Waals surface area contributed by atoms with Crippen LogP contribution in [0.1, 0.15) is 19.3 Å². The first-order valence-corrected chi connectivity index (χ1v) is 4.59. The van der Waals surface area contributed by atoms with Gasteiger partial charge < -0.3 is 10.6 Å². The lowest BCUT2D eigenvalue weighted by Crippen LogP contribution is -2.29. The minimum absolute atomic E-state index is 0.123. The van der Waals surface area contributed by atoms with Gasteiger partial charge in [-0.2, -0.15) is 0 Å². The molecule has 0 atom stereocenters. The molecule has 0 saturated carbocycles. The Hall–Kier alpha value is -1.58. The van der Waals surface area contributed by atoms with Crippen molar-refractivity contribution in [2.45, 2.75) is 19.3 Å². The highest BCUT2D eigenvalue weighted by atomic mass is 16.2. The molecule has 76 valence electrons. The number of hydrogen-bond acceptors (Lipinski definition) is 2. The van der Waals surface area contributed by atoms with E-state index in [1.54, 1.807) is 0 Å². The van der Waals surface area contributed by atoms with E-state index in [-0.39, 0.29) is 18.2 Å². The van der Waals surface area contributed by atoms with Gasteiger partial charge in [-0.15, -0.1) is 0 Å². The molecule has 0 heterocycles. The van der Waals surface area contributed by atoms with Crippen LogP contribution in [0.5, 0.6) is 0 Å². The number of carbonyl (C=O) groups excluding carboxylic acids is 2. The normalized spacial score (nSPS) is 14.5. The van der Waals surface area contributed by atoms with Gasteiger partial charge in [0.2, 0.25) is 11.8 Å². The summed E-state index contributed by atoms with van der Waals surface area (Å²) in [4.78, 5) is 22.1. The van der Waals surface area contributed by atoms with Crippen molar-refractivity contribution in [2.24, 2.45) is 0 Å². The Morgan fingerprint density at radius 2 is 2.14 bits per heavy atom. The molecule has 0 aliphatic heterocycles. The van der Waals surface area contributed by atoms with Crippen LogP contribution in [-0.4, -0.2) is 18.9 Å². The van der Waals surface area contributed by atoms with Crippen molar-refractivity contribution in [2.75, 3.05) is 7.05 Å².